The molecule has 4 rings (SSSR count). The monoisotopic (exact) mass is 406 g/mol. The molecule has 28 heavy (non-hydrogen) atoms. The molecule has 0 radical (unpaired) electrons. The van der Waals surface area contributed by atoms with Gasteiger partial charge in [-0.05, 0) is 18.1 Å². The maximum atomic E-state index is 12.2. The number of hydrogen-bond donors (Lipinski definition) is 0. The second kappa shape index (κ2) is 6.92. The second-order valence-corrected chi connectivity index (χ2v) is 14.3. The van der Waals surface area contributed by atoms with Crippen LogP contribution in [0.2, 0.25) is 18.1 Å². The summed E-state index contributed by atoms with van der Waals surface area (Å²) < 4.78 is 30.5. The lowest BCUT2D eigenvalue weighted by Crippen LogP contribution is -2.61. The van der Waals surface area contributed by atoms with E-state index in [-0.39, 0.29) is 23.3 Å². The Kier molecular flexibility index (Phi) is 4.95. The number of carbonyl (C=O) groups excluding carboxylic acids is 1. The molecule has 3 aliphatic rings. The summed E-state index contributed by atoms with van der Waals surface area (Å²) in [7, 11) is -2.03. The Morgan fingerprint density at radius 3 is 2.57 bits per heavy atom. The van der Waals surface area contributed by atoms with E-state index < -0.39 is 32.8 Å². The van der Waals surface area contributed by atoms with Crippen LogP contribution < -0.4 is 0 Å². The maximum absolute atomic E-state index is 12.2. The number of rotatable bonds is 3. The van der Waals surface area contributed by atoms with Gasteiger partial charge in [0.15, 0.2) is 20.9 Å². The molecule has 0 N–H and O–H groups in total. The van der Waals surface area contributed by atoms with E-state index >= 15 is 0 Å². The molecule has 0 aromatic heterocycles. The first-order valence-corrected chi connectivity index (χ1v) is 12.9. The van der Waals surface area contributed by atoms with Crippen molar-refractivity contribution in [1.82, 2.24) is 0 Å². The summed E-state index contributed by atoms with van der Waals surface area (Å²) in [5.41, 5.74) is 0.108. The third kappa shape index (κ3) is 3.43. The molecule has 154 valence electrons. The minimum Gasteiger partial charge on any atom is -0.432 e. The van der Waals surface area contributed by atoms with Gasteiger partial charge in [-0.15, -0.1) is 0 Å². The lowest BCUT2D eigenvalue weighted by molar-refractivity contribution is -0.376. The summed E-state index contributed by atoms with van der Waals surface area (Å²) in [4.78, 5) is 12.2. The SMILES string of the molecule is CC(C)(C)[Si](C)(C)O[C@@H]1C[C@@H]2CO[C@@H](c3ccccc3)O[C@@]23CC(=O)O[C@H]3O1. The molecule has 1 aromatic carbocycles. The first-order chi connectivity index (χ1) is 13.1. The highest BCUT2D eigenvalue weighted by Gasteiger charge is 2.63. The second-order valence-electron chi connectivity index (χ2n) is 9.52. The smallest absolute Gasteiger partial charge is 0.311 e. The molecule has 0 amide bonds. The van der Waals surface area contributed by atoms with Crippen molar-refractivity contribution in [2.45, 2.75) is 76.2 Å². The standard InChI is InChI=1S/C21H30O6Si/c1-20(2,3)28(4,5)27-17-11-15-13-23-18(14-9-7-6-8-10-14)26-21(15)12-16(22)24-19(21)25-17/h6-10,15,17-19H,11-13H2,1-5H3/t15-,17-,18-,19+,21+/m1/s1. The lowest BCUT2D eigenvalue weighted by Gasteiger charge is -2.51. The van der Waals surface area contributed by atoms with Gasteiger partial charge in [-0.25, -0.2) is 0 Å². The summed E-state index contributed by atoms with van der Waals surface area (Å²) in [5.74, 6) is -0.316. The van der Waals surface area contributed by atoms with Crippen molar-refractivity contribution in [3.8, 4) is 0 Å². The van der Waals surface area contributed by atoms with Crippen LogP contribution in [0.1, 0.15) is 45.5 Å². The Morgan fingerprint density at radius 2 is 1.89 bits per heavy atom. The van der Waals surface area contributed by atoms with Gasteiger partial charge in [0, 0.05) is 17.9 Å². The summed E-state index contributed by atoms with van der Waals surface area (Å²) in [6, 6.07) is 9.76. The van der Waals surface area contributed by atoms with Crippen LogP contribution in [-0.2, 0) is 28.2 Å². The van der Waals surface area contributed by atoms with E-state index in [2.05, 4.69) is 33.9 Å². The predicted octanol–water partition coefficient (Wildman–Crippen LogP) is 4.13. The summed E-state index contributed by atoms with van der Waals surface area (Å²) >= 11 is 0. The normalized spacial score (nSPS) is 35.8. The fourth-order valence-corrected chi connectivity index (χ4v) is 5.03. The van der Waals surface area contributed by atoms with E-state index in [1.165, 1.54) is 0 Å². The number of hydrogen-bond acceptors (Lipinski definition) is 6. The first kappa shape index (κ1) is 20.0. The van der Waals surface area contributed by atoms with Gasteiger partial charge < -0.3 is 23.4 Å². The van der Waals surface area contributed by atoms with Crippen LogP contribution >= 0.6 is 0 Å². The van der Waals surface area contributed by atoms with E-state index in [0.29, 0.717) is 13.0 Å². The Morgan fingerprint density at radius 1 is 1.18 bits per heavy atom. The first-order valence-electron chi connectivity index (χ1n) is 9.98. The topological polar surface area (TPSA) is 63.2 Å². The van der Waals surface area contributed by atoms with E-state index in [4.69, 9.17) is 23.4 Å². The van der Waals surface area contributed by atoms with Crippen molar-refractivity contribution in [1.29, 1.82) is 0 Å². The average Bonchev–Trinajstić information content (AvgIpc) is 2.93. The average molecular weight is 407 g/mol. The van der Waals surface area contributed by atoms with Crippen LogP contribution in [0.25, 0.3) is 0 Å². The summed E-state index contributed by atoms with van der Waals surface area (Å²) in [6.07, 6.45) is -0.904. The van der Waals surface area contributed by atoms with Crippen molar-refractivity contribution >= 4 is 14.3 Å². The highest BCUT2D eigenvalue weighted by molar-refractivity contribution is 6.74. The lowest BCUT2D eigenvalue weighted by atomic mass is 9.80. The molecule has 5 atom stereocenters. The maximum Gasteiger partial charge on any atom is 0.311 e. The van der Waals surface area contributed by atoms with E-state index in [1.54, 1.807) is 0 Å². The molecule has 6 nitrogen and oxygen atoms in total. The molecule has 0 saturated carbocycles. The van der Waals surface area contributed by atoms with Crippen LogP contribution in [0.15, 0.2) is 30.3 Å². The van der Waals surface area contributed by atoms with E-state index in [9.17, 15) is 4.79 Å². The number of benzene rings is 1. The molecule has 3 fully saturated rings. The molecule has 3 saturated heterocycles. The quantitative estimate of drug-likeness (QED) is 0.556. The van der Waals surface area contributed by atoms with Gasteiger partial charge in [0.05, 0.1) is 13.0 Å². The van der Waals surface area contributed by atoms with Gasteiger partial charge in [-0.2, -0.15) is 0 Å². The molecule has 0 bridgehead atoms. The van der Waals surface area contributed by atoms with Gasteiger partial charge in [-0.3, -0.25) is 4.79 Å². The molecule has 3 heterocycles. The molecule has 1 aromatic rings. The van der Waals surface area contributed by atoms with E-state index in [0.717, 1.165) is 5.56 Å². The Bertz CT molecular complexity index is 730. The van der Waals surface area contributed by atoms with Crippen molar-refractivity contribution in [3.05, 3.63) is 35.9 Å². The van der Waals surface area contributed by atoms with Gasteiger partial charge >= 0.3 is 5.97 Å². The van der Waals surface area contributed by atoms with Crippen molar-refractivity contribution in [3.63, 3.8) is 0 Å². The zero-order chi connectivity index (χ0) is 20.2. The Hall–Kier alpha value is -1.25. The van der Waals surface area contributed by atoms with Gasteiger partial charge in [0.1, 0.15) is 5.60 Å². The molecule has 0 unspecified atom stereocenters. The van der Waals surface area contributed by atoms with E-state index in [1.807, 2.05) is 30.3 Å². The minimum absolute atomic E-state index is 0.0209. The molecule has 7 heteroatoms. The molecular formula is C21H30O6Si. The van der Waals surface area contributed by atoms with Gasteiger partial charge in [-0.1, -0.05) is 51.1 Å². The third-order valence-corrected chi connectivity index (χ3v) is 11.0. The largest absolute Gasteiger partial charge is 0.432 e. The minimum atomic E-state index is -2.03. The zero-order valence-electron chi connectivity index (χ0n) is 17.3. The van der Waals surface area contributed by atoms with Gasteiger partial charge in [0.25, 0.3) is 0 Å². The van der Waals surface area contributed by atoms with Crippen LogP contribution in [0.5, 0.6) is 0 Å². The van der Waals surface area contributed by atoms with Gasteiger partial charge in [0.2, 0.25) is 6.29 Å². The molecular weight excluding hydrogens is 376 g/mol. The fraction of sp³-hybridized carbons (Fsp3) is 0.667. The summed E-state index contributed by atoms with van der Waals surface area (Å²) in [6.45, 7) is 11.4. The fourth-order valence-electron chi connectivity index (χ4n) is 3.87. The van der Waals surface area contributed by atoms with Crippen LogP contribution in [-0.4, -0.2) is 39.1 Å². The number of esters is 1. The predicted molar refractivity (Wildman–Crippen MR) is 105 cm³/mol. The third-order valence-electron chi connectivity index (χ3n) is 6.58. The summed E-state index contributed by atoms with van der Waals surface area (Å²) in [5, 5.41) is 0.0647. The van der Waals surface area contributed by atoms with Crippen LogP contribution in [0.4, 0.5) is 0 Å². The number of ether oxygens (including phenoxy) is 4. The van der Waals surface area contributed by atoms with Crippen LogP contribution in [0, 0.1) is 5.92 Å². The Balaban J connectivity index is 1.55. The molecule has 0 aliphatic carbocycles. The Labute approximate surface area is 167 Å². The highest BCUT2D eigenvalue weighted by atomic mass is 28.4. The molecule has 3 aliphatic heterocycles. The van der Waals surface area contributed by atoms with Crippen molar-refractivity contribution < 1.29 is 28.2 Å². The van der Waals surface area contributed by atoms with Crippen molar-refractivity contribution in [2.24, 2.45) is 5.92 Å². The molecule has 1 spiro atoms. The number of carbonyl (C=O) groups is 1. The highest BCUT2D eigenvalue weighted by Crippen LogP contribution is 2.51. The zero-order valence-corrected chi connectivity index (χ0v) is 18.3. The van der Waals surface area contributed by atoms with Crippen molar-refractivity contribution in [2.75, 3.05) is 6.61 Å². The van der Waals surface area contributed by atoms with Crippen LogP contribution in [0.3, 0.4) is 0 Å².